The minimum atomic E-state index is 0. The van der Waals surface area contributed by atoms with Gasteiger partial charge in [0.15, 0.2) is 5.96 Å². The fourth-order valence-electron chi connectivity index (χ4n) is 2.56. The van der Waals surface area contributed by atoms with Crippen molar-refractivity contribution in [2.75, 3.05) is 7.05 Å². The molecule has 0 aliphatic carbocycles. The summed E-state index contributed by atoms with van der Waals surface area (Å²) in [7, 11) is 1.77. The van der Waals surface area contributed by atoms with E-state index in [1.54, 1.807) is 24.6 Å². The van der Waals surface area contributed by atoms with Gasteiger partial charge in [-0.2, -0.15) is 0 Å². The van der Waals surface area contributed by atoms with Crippen molar-refractivity contribution < 1.29 is 4.74 Å². The van der Waals surface area contributed by atoms with Gasteiger partial charge in [-0.25, -0.2) is 4.98 Å². The van der Waals surface area contributed by atoms with Crippen LogP contribution in [0.3, 0.4) is 0 Å². The van der Waals surface area contributed by atoms with Crippen LogP contribution in [0.2, 0.25) is 0 Å². The van der Waals surface area contributed by atoms with Gasteiger partial charge >= 0.3 is 0 Å². The van der Waals surface area contributed by atoms with Gasteiger partial charge in [-0.3, -0.25) is 4.99 Å². The van der Waals surface area contributed by atoms with Crippen LogP contribution in [0.5, 0.6) is 5.88 Å². The molecule has 2 aromatic heterocycles. The summed E-state index contributed by atoms with van der Waals surface area (Å²) < 4.78 is 5.91. The molecule has 0 saturated heterocycles. The summed E-state index contributed by atoms with van der Waals surface area (Å²) in [5, 5.41) is 8.78. The monoisotopic (exact) mass is 508 g/mol. The molecule has 0 unspecified atom stereocenters. The predicted molar refractivity (Wildman–Crippen MR) is 127 cm³/mol. The summed E-state index contributed by atoms with van der Waals surface area (Å²) in [6.45, 7) is 3.96. The third-order valence-corrected chi connectivity index (χ3v) is 5.15. The first-order valence-electron chi connectivity index (χ1n) is 8.84. The summed E-state index contributed by atoms with van der Waals surface area (Å²) in [5.74, 6) is 1.39. The Hall–Kier alpha value is -2.13. The molecule has 28 heavy (non-hydrogen) atoms. The number of nitrogens with one attached hydrogen (secondary N) is 2. The number of hydrogen-bond acceptors (Lipinski definition) is 4. The van der Waals surface area contributed by atoms with Crippen molar-refractivity contribution in [3.63, 3.8) is 0 Å². The van der Waals surface area contributed by atoms with Gasteiger partial charge in [0.05, 0.1) is 6.54 Å². The molecule has 0 bridgehead atoms. The van der Waals surface area contributed by atoms with Crippen LogP contribution in [-0.2, 0) is 19.7 Å². The van der Waals surface area contributed by atoms with E-state index in [0.717, 1.165) is 23.6 Å². The number of halogens is 1. The zero-order valence-corrected chi connectivity index (χ0v) is 19.2. The van der Waals surface area contributed by atoms with E-state index < -0.39 is 0 Å². The van der Waals surface area contributed by atoms with E-state index in [1.165, 1.54) is 10.4 Å². The van der Waals surface area contributed by atoms with E-state index in [2.05, 4.69) is 39.0 Å². The fraction of sp³-hybridized carbons (Fsp3) is 0.238. The molecule has 0 spiro atoms. The van der Waals surface area contributed by atoms with Crippen molar-refractivity contribution in [3.05, 3.63) is 81.7 Å². The molecular formula is C21H25IN4OS. The molecule has 7 heteroatoms. The lowest BCUT2D eigenvalue weighted by Gasteiger charge is -2.14. The van der Waals surface area contributed by atoms with Crippen molar-refractivity contribution in [2.24, 2.45) is 4.99 Å². The topological polar surface area (TPSA) is 58.5 Å². The van der Waals surface area contributed by atoms with Gasteiger partial charge in [0, 0.05) is 30.2 Å². The molecule has 0 fully saturated rings. The zero-order valence-electron chi connectivity index (χ0n) is 16.0. The lowest BCUT2D eigenvalue weighted by Crippen LogP contribution is -2.36. The fourth-order valence-corrected chi connectivity index (χ4v) is 3.41. The van der Waals surface area contributed by atoms with Gasteiger partial charge in [0.1, 0.15) is 6.61 Å². The highest BCUT2D eigenvalue weighted by molar-refractivity contribution is 14.0. The molecule has 2 heterocycles. The Kier molecular flexibility index (Phi) is 9.22. The Morgan fingerprint density at radius 1 is 1.07 bits per heavy atom. The molecule has 0 aliphatic rings. The van der Waals surface area contributed by atoms with E-state index in [1.807, 2.05) is 42.5 Å². The number of nitrogens with zero attached hydrogens (tertiary/aromatic N) is 2. The average Bonchev–Trinajstić information content (AvgIpc) is 3.13. The highest BCUT2D eigenvalue weighted by Gasteiger charge is 2.07. The molecule has 148 valence electrons. The Bertz CT molecular complexity index is 883. The molecule has 3 rings (SSSR count). The summed E-state index contributed by atoms with van der Waals surface area (Å²) in [5.41, 5.74) is 3.40. The number of rotatable bonds is 7. The number of aromatic nitrogens is 1. The lowest BCUT2D eigenvalue weighted by molar-refractivity contribution is 0.290. The maximum atomic E-state index is 5.91. The second-order valence-corrected chi connectivity index (χ2v) is 7.05. The minimum absolute atomic E-state index is 0. The predicted octanol–water partition coefficient (Wildman–Crippen LogP) is 4.51. The van der Waals surface area contributed by atoms with Crippen LogP contribution >= 0.6 is 35.3 Å². The smallest absolute Gasteiger partial charge is 0.218 e. The Labute approximate surface area is 187 Å². The van der Waals surface area contributed by atoms with Crippen molar-refractivity contribution in [2.45, 2.75) is 26.6 Å². The maximum Gasteiger partial charge on any atom is 0.218 e. The normalized spacial score (nSPS) is 10.9. The molecule has 0 aliphatic heterocycles. The van der Waals surface area contributed by atoms with Crippen molar-refractivity contribution in [3.8, 4) is 5.88 Å². The molecule has 2 N–H and O–H groups in total. The van der Waals surface area contributed by atoms with E-state index in [-0.39, 0.29) is 24.0 Å². The summed E-state index contributed by atoms with van der Waals surface area (Å²) in [4.78, 5) is 9.98. The molecule has 3 aromatic rings. The highest BCUT2D eigenvalue weighted by atomic mass is 127. The van der Waals surface area contributed by atoms with E-state index in [9.17, 15) is 0 Å². The maximum absolute atomic E-state index is 5.91. The summed E-state index contributed by atoms with van der Waals surface area (Å²) >= 11 is 1.75. The first-order chi connectivity index (χ1) is 13.3. The van der Waals surface area contributed by atoms with Gasteiger partial charge < -0.3 is 15.4 Å². The van der Waals surface area contributed by atoms with Crippen LogP contribution < -0.4 is 15.4 Å². The SMILES string of the molecule is CN=C(NCc1cccnc1OCc1ccccc1)NCc1sccc1C.I. The van der Waals surface area contributed by atoms with Gasteiger partial charge in [0.2, 0.25) is 5.88 Å². The number of thiophene rings is 1. The number of aryl methyl sites for hydroxylation is 1. The Morgan fingerprint density at radius 2 is 1.86 bits per heavy atom. The number of guanidine groups is 1. The average molecular weight is 508 g/mol. The van der Waals surface area contributed by atoms with Gasteiger partial charge in [-0.05, 0) is 35.6 Å². The van der Waals surface area contributed by atoms with Crippen molar-refractivity contribution in [1.29, 1.82) is 0 Å². The van der Waals surface area contributed by atoms with Crippen LogP contribution in [-0.4, -0.2) is 18.0 Å². The number of aliphatic imine (C=N–C) groups is 1. The van der Waals surface area contributed by atoms with Crippen LogP contribution in [0.1, 0.15) is 21.6 Å². The molecular weight excluding hydrogens is 483 g/mol. The third-order valence-electron chi connectivity index (χ3n) is 4.12. The lowest BCUT2D eigenvalue weighted by atomic mass is 10.2. The largest absolute Gasteiger partial charge is 0.473 e. The second kappa shape index (κ2) is 11.7. The molecule has 0 atom stereocenters. The number of pyridine rings is 1. The summed E-state index contributed by atoms with van der Waals surface area (Å²) in [6.07, 6.45) is 1.75. The highest BCUT2D eigenvalue weighted by Crippen LogP contribution is 2.16. The number of ether oxygens (including phenoxy) is 1. The molecule has 0 radical (unpaired) electrons. The third kappa shape index (κ3) is 6.49. The van der Waals surface area contributed by atoms with E-state index in [4.69, 9.17) is 4.74 Å². The Balaban J connectivity index is 0.00000280. The van der Waals surface area contributed by atoms with Crippen LogP contribution in [0.4, 0.5) is 0 Å². The standard InChI is InChI=1S/C21H24N4OS.HI/c1-16-10-12-27-19(16)14-25-21(22-2)24-13-18-9-6-11-23-20(18)26-15-17-7-4-3-5-8-17;/h3-12H,13-15H2,1-2H3,(H2,22,24,25);1H. The zero-order chi connectivity index (χ0) is 18.9. The van der Waals surface area contributed by atoms with Gasteiger partial charge in [-0.15, -0.1) is 35.3 Å². The molecule has 5 nitrogen and oxygen atoms in total. The van der Waals surface area contributed by atoms with Crippen molar-refractivity contribution >= 4 is 41.3 Å². The van der Waals surface area contributed by atoms with Crippen LogP contribution in [0.15, 0.2) is 65.1 Å². The van der Waals surface area contributed by atoms with E-state index in [0.29, 0.717) is 19.0 Å². The van der Waals surface area contributed by atoms with Crippen molar-refractivity contribution in [1.82, 2.24) is 15.6 Å². The number of benzene rings is 1. The minimum Gasteiger partial charge on any atom is -0.473 e. The number of hydrogen-bond donors (Lipinski definition) is 2. The Morgan fingerprint density at radius 3 is 2.57 bits per heavy atom. The summed E-state index contributed by atoms with van der Waals surface area (Å²) in [6, 6.07) is 16.1. The first kappa shape index (κ1) is 22.2. The first-order valence-corrected chi connectivity index (χ1v) is 9.72. The van der Waals surface area contributed by atoms with Gasteiger partial charge in [0.25, 0.3) is 0 Å². The second-order valence-electron chi connectivity index (χ2n) is 6.05. The quantitative estimate of drug-likeness (QED) is 0.280. The molecule has 0 amide bonds. The molecule has 0 saturated carbocycles. The van der Waals surface area contributed by atoms with Crippen LogP contribution in [0.25, 0.3) is 0 Å². The van der Waals surface area contributed by atoms with Crippen LogP contribution in [0, 0.1) is 6.92 Å². The van der Waals surface area contributed by atoms with E-state index >= 15 is 0 Å². The molecule has 1 aromatic carbocycles. The van der Waals surface area contributed by atoms with Gasteiger partial charge in [-0.1, -0.05) is 36.4 Å².